The van der Waals surface area contributed by atoms with Crippen molar-refractivity contribution in [1.82, 2.24) is 4.98 Å². The van der Waals surface area contributed by atoms with Gasteiger partial charge in [-0.15, -0.1) is 11.3 Å². The van der Waals surface area contributed by atoms with Crippen LogP contribution in [0.1, 0.15) is 33.4 Å². The first-order valence-electron chi connectivity index (χ1n) is 5.82. The minimum Gasteiger partial charge on any atom is -0.297 e. The molecule has 0 aliphatic rings. The van der Waals surface area contributed by atoms with Crippen LogP contribution >= 0.6 is 11.3 Å². The van der Waals surface area contributed by atoms with Crippen LogP contribution in [0.25, 0.3) is 16.6 Å². The zero-order chi connectivity index (χ0) is 13.1. The fourth-order valence-corrected chi connectivity index (χ4v) is 2.77. The number of pyridine rings is 1. The van der Waals surface area contributed by atoms with E-state index in [4.69, 9.17) is 0 Å². The Morgan fingerprint density at radius 2 is 2.06 bits per heavy atom. The molecule has 0 unspecified atom stereocenters. The van der Waals surface area contributed by atoms with Crippen molar-refractivity contribution < 1.29 is 4.79 Å². The van der Waals surface area contributed by atoms with Crippen LogP contribution in [0.15, 0.2) is 24.3 Å². The van der Waals surface area contributed by atoms with Crippen molar-refractivity contribution in [2.75, 3.05) is 0 Å². The number of nitrogens with zero attached hydrogens (tertiary/aromatic N) is 1. The van der Waals surface area contributed by atoms with Crippen LogP contribution < -0.4 is 0 Å². The maximum absolute atomic E-state index is 10.8. The third kappa shape index (κ3) is 2.41. The highest BCUT2D eigenvalue weighted by Gasteiger charge is 2.10. The number of aryl methyl sites for hydroxylation is 1. The summed E-state index contributed by atoms with van der Waals surface area (Å²) in [5.41, 5.74) is 4.30. The lowest BCUT2D eigenvalue weighted by Crippen LogP contribution is -1.93. The third-order valence-corrected chi connectivity index (χ3v) is 3.78. The zero-order valence-electron chi connectivity index (χ0n) is 10.7. The van der Waals surface area contributed by atoms with E-state index in [0.29, 0.717) is 0 Å². The Kier molecular flexibility index (Phi) is 3.72. The quantitative estimate of drug-likeness (QED) is 0.768. The number of thiophene rings is 1. The number of carbonyl (C=O) groups excluding carboxylic acids is 1. The van der Waals surface area contributed by atoms with Gasteiger partial charge in [0.2, 0.25) is 0 Å². The summed E-state index contributed by atoms with van der Waals surface area (Å²) in [4.78, 5) is 17.1. The van der Waals surface area contributed by atoms with E-state index in [1.54, 1.807) is 0 Å². The monoisotopic (exact) mass is 257 g/mol. The molecule has 0 saturated carbocycles. The molecule has 0 aliphatic carbocycles. The van der Waals surface area contributed by atoms with Crippen LogP contribution in [0, 0.1) is 13.8 Å². The van der Waals surface area contributed by atoms with Crippen molar-refractivity contribution in [1.29, 1.82) is 0 Å². The number of aromatic nitrogens is 1. The second kappa shape index (κ2) is 5.27. The van der Waals surface area contributed by atoms with Gasteiger partial charge in [0.15, 0.2) is 6.29 Å². The van der Waals surface area contributed by atoms with E-state index in [2.05, 4.69) is 24.1 Å². The topological polar surface area (TPSA) is 30.0 Å². The summed E-state index contributed by atoms with van der Waals surface area (Å²) in [6, 6.07) is 5.88. The second-order valence-corrected chi connectivity index (χ2v) is 5.26. The summed E-state index contributed by atoms with van der Waals surface area (Å²) in [5.74, 6) is 0. The maximum Gasteiger partial charge on any atom is 0.160 e. The summed E-state index contributed by atoms with van der Waals surface area (Å²) >= 11 is 1.48. The number of hydrogen-bond acceptors (Lipinski definition) is 3. The van der Waals surface area contributed by atoms with E-state index in [1.807, 2.05) is 32.1 Å². The summed E-state index contributed by atoms with van der Waals surface area (Å²) in [6.07, 6.45) is 4.99. The van der Waals surface area contributed by atoms with E-state index in [-0.39, 0.29) is 0 Å². The fourth-order valence-electron chi connectivity index (χ4n) is 1.90. The van der Waals surface area contributed by atoms with Crippen LogP contribution in [-0.2, 0) is 0 Å². The van der Waals surface area contributed by atoms with Crippen molar-refractivity contribution >= 4 is 23.7 Å². The lowest BCUT2D eigenvalue weighted by Gasteiger charge is -2.08. The van der Waals surface area contributed by atoms with Crippen LogP contribution in [0.3, 0.4) is 0 Å². The van der Waals surface area contributed by atoms with Gasteiger partial charge in [0, 0.05) is 5.69 Å². The normalized spacial score (nSPS) is 11.1. The zero-order valence-corrected chi connectivity index (χ0v) is 11.5. The number of carbonyl (C=O) groups is 1. The predicted molar refractivity (Wildman–Crippen MR) is 77.1 cm³/mol. The van der Waals surface area contributed by atoms with E-state index in [9.17, 15) is 4.79 Å². The minimum atomic E-state index is 0.736. The third-order valence-electron chi connectivity index (χ3n) is 2.76. The number of aldehydes is 1. The molecular weight excluding hydrogens is 242 g/mol. The first-order valence-corrected chi connectivity index (χ1v) is 6.63. The average Bonchev–Trinajstić information content (AvgIpc) is 2.82. The van der Waals surface area contributed by atoms with Gasteiger partial charge in [-0.05, 0) is 50.1 Å². The lowest BCUT2D eigenvalue weighted by atomic mass is 10.1. The molecule has 0 N–H and O–H groups in total. The number of hydrogen-bond donors (Lipinski definition) is 0. The minimum absolute atomic E-state index is 0.736. The Labute approximate surface area is 111 Å². The van der Waals surface area contributed by atoms with Gasteiger partial charge in [-0.1, -0.05) is 12.2 Å². The molecule has 2 aromatic heterocycles. The smallest absolute Gasteiger partial charge is 0.160 e. The van der Waals surface area contributed by atoms with Crippen molar-refractivity contribution in [3.05, 3.63) is 46.0 Å². The van der Waals surface area contributed by atoms with Gasteiger partial charge in [-0.3, -0.25) is 9.78 Å². The van der Waals surface area contributed by atoms with Crippen molar-refractivity contribution in [3.8, 4) is 10.6 Å². The van der Waals surface area contributed by atoms with Crippen LogP contribution in [-0.4, -0.2) is 11.3 Å². The van der Waals surface area contributed by atoms with Crippen LogP contribution in [0.4, 0.5) is 0 Å². The highest BCUT2D eigenvalue weighted by Crippen LogP contribution is 2.30. The molecule has 18 heavy (non-hydrogen) atoms. The molecule has 2 heterocycles. The van der Waals surface area contributed by atoms with Crippen LogP contribution in [0.5, 0.6) is 0 Å². The second-order valence-electron chi connectivity index (χ2n) is 4.15. The van der Waals surface area contributed by atoms with Gasteiger partial charge in [0.05, 0.1) is 15.4 Å². The van der Waals surface area contributed by atoms with Crippen molar-refractivity contribution in [3.63, 3.8) is 0 Å². The molecular formula is C15H15NOS. The highest BCUT2D eigenvalue weighted by molar-refractivity contribution is 7.17. The predicted octanol–water partition coefficient (Wildman–Crippen LogP) is 4.27. The van der Waals surface area contributed by atoms with E-state index < -0.39 is 0 Å². The van der Waals surface area contributed by atoms with Gasteiger partial charge in [-0.2, -0.15) is 0 Å². The lowest BCUT2D eigenvalue weighted by molar-refractivity contribution is 0.112. The molecule has 0 fully saturated rings. The molecule has 0 spiro atoms. The average molecular weight is 257 g/mol. The Bertz CT molecular complexity index is 611. The molecule has 92 valence electrons. The highest BCUT2D eigenvalue weighted by atomic mass is 32.1. The largest absolute Gasteiger partial charge is 0.297 e. The first kappa shape index (κ1) is 12.7. The summed E-state index contributed by atoms with van der Waals surface area (Å²) < 4.78 is 0. The molecule has 2 nitrogen and oxygen atoms in total. The molecule has 0 aliphatic heterocycles. The molecule has 0 radical (unpaired) electrons. The van der Waals surface area contributed by atoms with Crippen LogP contribution in [0.2, 0.25) is 0 Å². The van der Waals surface area contributed by atoms with E-state index in [0.717, 1.165) is 33.0 Å². The Morgan fingerprint density at radius 1 is 1.28 bits per heavy atom. The number of allylic oxidation sites excluding steroid dienone is 1. The molecule has 2 rings (SSSR count). The Balaban J connectivity index is 2.59. The number of rotatable bonds is 3. The standard InChI is InChI=1S/C15H15NOS/c1-4-5-12-8-10(2)16-15(11(12)3)14-7-6-13(9-17)18-14/h4-9H,1-3H3/b5-4-. The molecule has 0 atom stereocenters. The molecule has 2 aromatic rings. The summed E-state index contributed by atoms with van der Waals surface area (Å²) in [5, 5.41) is 0. The van der Waals surface area contributed by atoms with E-state index in [1.165, 1.54) is 16.9 Å². The Morgan fingerprint density at radius 3 is 2.67 bits per heavy atom. The van der Waals surface area contributed by atoms with Crippen molar-refractivity contribution in [2.24, 2.45) is 0 Å². The van der Waals surface area contributed by atoms with E-state index >= 15 is 0 Å². The molecule has 0 amide bonds. The molecule has 3 heteroatoms. The van der Waals surface area contributed by atoms with Gasteiger partial charge in [0.25, 0.3) is 0 Å². The summed E-state index contributed by atoms with van der Waals surface area (Å²) in [6.45, 7) is 6.06. The van der Waals surface area contributed by atoms with Gasteiger partial charge in [-0.25, -0.2) is 0 Å². The molecule has 0 saturated heterocycles. The van der Waals surface area contributed by atoms with Gasteiger partial charge in [0.1, 0.15) is 0 Å². The van der Waals surface area contributed by atoms with Crippen molar-refractivity contribution in [2.45, 2.75) is 20.8 Å². The van der Waals surface area contributed by atoms with Gasteiger partial charge < -0.3 is 0 Å². The SMILES string of the molecule is C/C=C\c1cc(C)nc(-c2ccc(C=O)s2)c1C. The molecule has 0 aromatic carbocycles. The molecule has 0 bridgehead atoms. The first-order chi connectivity index (χ1) is 8.65. The Hall–Kier alpha value is -1.74. The fraction of sp³-hybridized carbons (Fsp3) is 0.200. The summed E-state index contributed by atoms with van der Waals surface area (Å²) in [7, 11) is 0. The van der Waals surface area contributed by atoms with Gasteiger partial charge >= 0.3 is 0 Å². The maximum atomic E-state index is 10.8.